The fourth-order valence-electron chi connectivity index (χ4n) is 3.16. The van der Waals surface area contributed by atoms with Crippen LogP contribution in [0.3, 0.4) is 0 Å². The molecule has 0 aromatic heterocycles. The van der Waals surface area contributed by atoms with Gasteiger partial charge in [-0.2, -0.15) is 0 Å². The van der Waals surface area contributed by atoms with Crippen LogP contribution in [0.4, 0.5) is 0 Å². The van der Waals surface area contributed by atoms with Crippen molar-refractivity contribution in [3.63, 3.8) is 0 Å². The molecule has 146 valence electrons. The Balaban J connectivity index is 2.10. The van der Waals surface area contributed by atoms with Gasteiger partial charge in [-0.1, -0.05) is 51.1 Å². The Morgan fingerprint density at radius 3 is 2.46 bits per heavy atom. The summed E-state index contributed by atoms with van der Waals surface area (Å²) < 4.78 is 12.0. The Morgan fingerprint density at radius 2 is 1.88 bits per heavy atom. The van der Waals surface area contributed by atoms with E-state index in [1.807, 2.05) is 13.0 Å². The van der Waals surface area contributed by atoms with E-state index in [1.165, 1.54) is 5.56 Å². The fraction of sp³-hybridized carbons (Fsp3) is 0.667. The van der Waals surface area contributed by atoms with E-state index in [1.54, 1.807) is 0 Å². The summed E-state index contributed by atoms with van der Waals surface area (Å²) in [6.07, 6.45) is 0.838. The van der Waals surface area contributed by atoms with Crippen molar-refractivity contribution < 1.29 is 14.0 Å². The number of likely N-dealkylation sites (tertiary alicyclic amines) is 1. The number of piperidine rings is 1. The van der Waals surface area contributed by atoms with Gasteiger partial charge in [-0.3, -0.25) is 9.69 Å². The molecule has 0 N–H and O–H groups in total. The summed E-state index contributed by atoms with van der Waals surface area (Å²) >= 11 is 0. The van der Waals surface area contributed by atoms with Crippen molar-refractivity contribution in [1.82, 2.24) is 4.90 Å². The second-order valence-electron chi connectivity index (χ2n) is 8.78. The molecular formula is C21H35NO3Si. The second kappa shape index (κ2) is 8.68. The molecule has 4 nitrogen and oxygen atoms in total. The summed E-state index contributed by atoms with van der Waals surface area (Å²) in [6.45, 7) is 16.0. The van der Waals surface area contributed by atoms with Crippen LogP contribution in [-0.2, 0) is 20.5 Å². The van der Waals surface area contributed by atoms with Crippen molar-refractivity contribution in [2.75, 3.05) is 19.7 Å². The van der Waals surface area contributed by atoms with Gasteiger partial charge in [-0.05, 0) is 37.0 Å². The zero-order valence-corrected chi connectivity index (χ0v) is 18.2. The molecule has 1 heterocycles. The van der Waals surface area contributed by atoms with Gasteiger partial charge in [0.15, 0.2) is 8.32 Å². The number of nitrogens with zero attached hydrogens (tertiary/aromatic N) is 1. The quantitative estimate of drug-likeness (QED) is 0.542. The first-order chi connectivity index (χ1) is 12.1. The van der Waals surface area contributed by atoms with Crippen LogP contribution in [0.25, 0.3) is 0 Å². The maximum Gasteiger partial charge on any atom is 0.312 e. The van der Waals surface area contributed by atoms with E-state index in [-0.39, 0.29) is 23.0 Å². The summed E-state index contributed by atoms with van der Waals surface area (Å²) in [7, 11) is -1.93. The maximum atomic E-state index is 12.6. The van der Waals surface area contributed by atoms with Crippen LogP contribution < -0.4 is 0 Å². The van der Waals surface area contributed by atoms with E-state index in [4.69, 9.17) is 9.16 Å². The van der Waals surface area contributed by atoms with Crippen molar-refractivity contribution in [2.24, 2.45) is 5.92 Å². The molecule has 0 aliphatic carbocycles. The van der Waals surface area contributed by atoms with Crippen LogP contribution in [0, 0.1) is 5.92 Å². The van der Waals surface area contributed by atoms with E-state index in [9.17, 15) is 4.79 Å². The number of hydrogen-bond donors (Lipinski definition) is 0. The van der Waals surface area contributed by atoms with Crippen LogP contribution in [0.5, 0.6) is 0 Å². The zero-order valence-electron chi connectivity index (χ0n) is 17.2. The van der Waals surface area contributed by atoms with Gasteiger partial charge >= 0.3 is 5.97 Å². The minimum atomic E-state index is -1.93. The van der Waals surface area contributed by atoms with Crippen LogP contribution in [0.1, 0.15) is 39.7 Å². The highest BCUT2D eigenvalue weighted by Gasteiger charge is 2.44. The number of carbonyl (C=O) groups is 1. The number of benzene rings is 1. The third-order valence-electron chi connectivity index (χ3n) is 5.72. The Labute approximate surface area is 160 Å². The summed E-state index contributed by atoms with van der Waals surface area (Å²) in [5, 5.41) is 0.132. The molecule has 0 radical (unpaired) electrons. The molecule has 0 saturated carbocycles. The molecule has 1 unspecified atom stereocenters. The first kappa shape index (κ1) is 21.1. The molecule has 0 bridgehead atoms. The molecule has 2 atom stereocenters. The van der Waals surface area contributed by atoms with Crippen LogP contribution in [0.2, 0.25) is 18.1 Å². The number of carbonyl (C=O) groups excluding carboxylic acids is 1. The Morgan fingerprint density at radius 1 is 1.23 bits per heavy atom. The summed E-state index contributed by atoms with van der Waals surface area (Å²) in [5.41, 5.74) is 1.28. The van der Waals surface area contributed by atoms with Gasteiger partial charge in [-0.25, -0.2) is 0 Å². The lowest BCUT2D eigenvalue weighted by atomic mass is 9.94. The van der Waals surface area contributed by atoms with Gasteiger partial charge in [0, 0.05) is 19.6 Å². The summed E-state index contributed by atoms with van der Waals surface area (Å²) in [4.78, 5) is 15.0. The van der Waals surface area contributed by atoms with Crippen molar-refractivity contribution in [2.45, 2.75) is 64.9 Å². The third kappa shape index (κ3) is 5.41. The molecule has 1 fully saturated rings. The van der Waals surface area contributed by atoms with Crippen LogP contribution in [0.15, 0.2) is 30.3 Å². The molecule has 1 aliphatic heterocycles. The first-order valence-electron chi connectivity index (χ1n) is 9.75. The first-order valence-corrected chi connectivity index (χ1v) is 12.7. The molecule has 1 aromatic carbocycles. The number of rotatable bonds is 6. The van der Waals surface area contributed by atoms with E-state index < -0.39 is 8.32 Å². The molecule has 1 aliphatic rings. The smallest absolute Gasteiger partial charge is 0.312 e. The molecule has 2 rings (SSSR count). The monoisotopic (exact) mass is 377 g/mol. The molecule has 0 amide bonds. The van der Waals surface area contributed by atoms with Crippen molar-refractivity contribution >= 4 is 14.3 Å². The highest BCUT2D eigenvalue weighted by molar-refractivity contribution is 6.74. The van der Waals surface area contributed by atoms with Gasteiger partial charge in [-0.15, -0.1) is 0 Å². The predicted molar refractivity (Wildman–Crippen MR) is 109 cm³/mol. The average molecular weight is 378 g/mol. The molecule has 1 saturated heterocycles. The van der Waals surface area contributed by atoms with Gasteiger partial charge in [0.2, 0.25) is 0 Å². The average Bonchev–Trinajstić information content (AvgIpc) is 2.56. The fourth-order valence-corrected chi connectivity index (χ4v) is 4.55. The Hall–Kier alpha value is -1.17. The van der Waals surface area contributed by atoms with Gasteiger partial charge in [0.05, 0.1) is 18.6 Å². The SMILES string of the molecule is CCOC(=O)[C@H]1CN(Cc2ccccc2)CCC1O[Si](C)(C)C(C)(C)C. The van der Waals surface area contributed by atoms with E-state index in [0.29, 0.717) is 13.2 Å². The standard InChI is InChI=1S/C21H35NO3Si/c1-7-24-20(23)18-16-22(15-17-11-9-8-10-12-17)14-13-19(18)25-26(5,6)21(2,3)4/h8-12,18-19H,7,13-16H2,1-6H3/t18-,19?/m0/s1. The predicted octanol–water partition coefficient (Wildman–Crippen LogP) is 4.46. The van der Waals surface area contributed by atoms with Gasteiger partial charge in [0.1, 0.15) is 0 Å². The largest absolute Gasteiger partial charge is 0.466 e. The lowest BCUT2D eigenvalue weighted by Crippen LogP contribution is -2.53. The molecule has 1 aromatic rings. The minimum absolute atomic E-state index is 0.0398. The van der Waals surface area contributed by atoms with E-state index in [0.717, 1.165) is 19.5 Å². The highest BCUT2D eigenvalue weighted by atomic mass is 28.4. The number of hydrogen-bond acceptors (Lipinski definition) is 4. The molecular weight excluding hydrogens is 342 g/mol. The topological polar surface area (TPSA) is 38.8 Å². The lowest BCUT2D eigenvalue weighted by molar-refractivity contribution is -0.154. The normalized spacial score (nSPS) is 22.2. The Bertz CT molecular complexity index is 583. The third-order valence-corrected chi connectivity index (χ3v) is 10.2. The summed E-state index contributed by atoms with van der Waals surface area (Å²) in [6, 6.07) is 10.4. The van der Waals surface area contributed by atoms with E-state index >= 15 is 0 Å². The Kier molecular flexibility index (Phi) is 7.05. The second-order valence-corrected chi connectivity index (χ2v) is 13.5. The van der Waals surface area contributed by atoms with Gasteiger partial charge < -0.3 is 9.16 Å². The van der Waals surface area contributed by atoms with Crippen molar-refractivity contribution in [1.29, 1.82) is 0 Å². The summed E-state index contributed by atoms with van der Waals surface area (Å²) in [5.74, 6) is -0.324. The highest BCUT2D eigenvalue weighted by Crippen LogP contribution is 2.39. The number of ether oxygens (including phenoxy) is 1. The molecule has 5 heteroatoms. The zero-order chi connectivity index (χ0) is 19.4. The minimum Gasteiger partial charge on any atom is -0.466 e. The van der Waals surface area contributed by atoms with Crippen molar-refractivity contribution in [3.05, 3.63) is 35.9 Å². The number of esters is 1. The molecule has 26 heavy (non-hydrogen) atoms. The molecule has 0 spiro atoms. The van der Waals surface area contributed by atoms with Crippen LogP contribution >= 0.6 is 0 Å². The van der Waals surface area contributed by atoms with Crippen LogP contribution in [-0.4, -0.2) is 45.0 Å². The van der Waals surface area contributed by atoms with E-state index in [2.05, 4.69) is 63.0 Å². The van der Waals surface area contributed by atoms with Gasteiger partial charge in [0.25, 0.3) is 0 Å². The van der Waals surface area contributed by atoms with Crippen molar-refractivity contribution in [3.8, 4) is 0 Å². The maximum absolute atomic E-state index is 12.6. The lowest BCUT2D eigenvalue weighted by Gasteiger charge is -2.44.